The molecule has 2 aliphatic heterocycles. The molecular weight excluding hydrogens is 356 g/mol. The number of aryl methyl sites for hydroxylation is 1. The van der Waals surface area contributed by atoms with Crippen LogP contribution in [0.25, 0.3) is 6.08 Å². The van der Waals surface area contributed by atoms with E-state index in [-0.39, 0.29) is 10.6 Å². The molecule has 28 heavy (non-hydrogen) atoms. The predicted molar refractivity (Wildman–Crippen MR) is 110 cm³/mol. The molecule has 1 fully saturated rings. The molecule has 144 valence electrons. The molecule has 1 atom stereocenters. The van der Waals surface area contributed by atoms with Crippen molar-refractivity contribution >= 4 is 29.4 Å². The van der Waals surface area contributed by atoms with Crippen molar-refractivity contribution in [2.24, 2.45) is 0 Å². The van der Waals surface area contributed by atoms with E-state index >= 15 is 0 Å². The van der Waals surface area contributed by atoms with Crippen molar-refractivity contribution in [3.8, 4) is 0 Å². The normalized spacial score (nSPS) is 18.4. The first-order chi connectivity index (χ1) is 13.6. The highest BCUT2D eigenvalue weighted by Crippen LogP contribution is 2.36. The molecule has 1 unspecified atom stereocenters. The van der Waals surface area contributed by atoms with Gasteiger partial charge in [-0.25, -0.2) is 0 Å². The number of nitro benzene ring substituents is 1. The monoisotopic (exact) mass is 378 g/mol. The van der Waals surface area contributed by atoms with E-state index in [9.17, 15) is 14.9 Å². The second kappa shape index (κ2) is 7.34. The van der Waals surface area contributed by atoms with Crippen LogP contribution < -0.4 is 15.1 Å². The molecule has 2 aliphatic rings. The van der Waals surface area contributed by atoms with E-state index in [4.69, 9.17) is 0 Å². The minimum absolute atomic E-state index is 0.0482. The summed E-state index contributed by atoms with van der Waals surface area (Å²) < 4.78 is 0. The number of benzene rings is 2. The van der Waals surface area contributed by atoms with Gasteiger partial charge in [0.2, 0.25) is 0 Å². The van der Waals surface area contributed by atoms with Crippen LogP contribution in [0.4, 0.5) is 17.1 Å². The summed E-state index contributed by atoms with van der Waals surface area (Å²) in [7, 11) is 0. The third kappa shape index (κ3) is 3.19. The van der Waals surface area contributed by atoms with Crippen LogP contribution in [0.2, 0.25) is 0 Å². The van der Waals surface area contributed by atoms with Gasteiger partial charge in [-0.3, -0.25) is 10.1 Å². The van der Waals surface area contributed by atoms with Crippen LogP contribution >= 0.6 is 0 Å². The molecule has 0 spiro atoms. The number of nitrogens with zero attached hydrogens (tertiary/aromatic N) is 3. The van der Waals surface area contributed by atoms with Gasteiger partial charge < -0.3 is 19.9 Å². The Kier molecular flexibility index (Phi) is 4.73. The van der Waals surface area contributed by atoms with Gasteiger partial charge in [0.25, 0.3) is 5.69 Å². The molecule has 7 heteroatoms. The number of nitrogens with one attached hydrogen (secondary N) is 1. The largest absolute Gasteiger partial charge is 0.378 e. The molecule has 7 nitrogen and oxygen atoms in total. The molecule has 2 aromatic rings. The maximum atomic E-state index is 11.7. The van der Waals surface area contributed by atoms with Crippen LogP contribution in [0.3, 0.4) is 0 Å². The van der Waals surface area contributed by atoms with Crippen molar-refractivity contribution in [2.75, 3.05) is 36.0 Å². The van der Waals surface area contributed by atoms with Gasteiger partial charge in [0.05, 0.1) is 4.92 Å². The lowest BCUT2D eigenvalue weighted by Gasteiger charge is -2.38. The number of rotatable bonds is 4. The van der Waals surface area contributed by atoms with Crippen LogP contribution in [0.5, 0.6) is 0 Å². The van der Waals surface area contributed by atoms with E-state index in [1.54, 1.807) is 6.20 Å². The Labute approximate surface area is 163 Å². The summed E-state index contributed by atoms with van der Waals surface area (Å²) in [6.07, 6.45) is 4.34. The van der Waals surface area contributed by atoms with Crippen molar-refractivity contribution in [3.63, 3.8) is 0 Å². The van der Waals surface area contributed by atoms with Crippen LogP contribution in [-0.4, -0.2) is 37.4 Å². The second-order valence-corrected chi connectivity index (χ2v) is 7.10. The first kappa shape index (κ1) is 18.0. The zero-order chi connectivity index (χ0) is 19.7. The highest BCUT2D eigenvalue weighted by atomic mass is 16.6. The third-order valence-corrected chi connectivity index (χ3v) is 5.46. The standard InChI is InChI=1S/C21H22N4O3/c1-15-4-2-3-5-19(15)23-8-10-24(11-9-23)20-12-16-6-7-22-18(14-26)17(16)13-21(20)25(27)28/h2-7,12-14,18,22H,8-11H2,1H3. The number of anilines is 2. The molecule has 2 aromatic carbocycles. The minimum atomic E-state index is -0.550. The first-order valence-corrected chi connectivity index (χ1v) is 9.34. The number of nitro groups is 1. The first-order valence-electron chi connectivity index (χ1n) is 9.34. The number of hydrogen-bond acceptors (Lipinski definition) is 6. The Balaban J connectivity index is 1.62. The van der Waals surface area contributed by atoms with Crippen LogP contribution in [0, 0.1) is 17.0 Å². The Morgan fingerprint density at radius 2 is 1.79 bits per heavy atom. The fourth-order valence-corrected chi connectivity index (χ4v) is 3.97. The molecule has 1 N–H and O–H groups in total. The van der Waals surface area contributed by atoms with Crippen molar-refractivity contribution in [1.82, 2.24) is 5.32 Å². The zero-order valence-corrected chi connectivity index (χ0v) is 15.7. The fraction of sp³-hybridized carbons (Fsp3) is 0.286. The Morgan fingerprint density at radius 1 is 1.11 bits per heavy atom. The summed E-state index contributed by atoms with van der Waals surface area (Å²) in [6.45, 7) is 5.10. The Morgan fingerprint density at radius 3 is 2.43 bits per heavy atom. The maximum absolute atomic E-state index is 11.7. The number of carbonyl (C=O) groups is 1. The number of hydrogen-bond donors (Lipinski definition) is 1. The smallest absolute Gasteiger partial charge is 0.292 e. The highest BCUT2D eigenvalue weighted by molar-refractivity contribution is 5.77. The summed E-state index contributed by atoms with van der Waals surface area (Å²) >= 11 is 0. The molecule has 0 aromatic heterocycles. The van der Waals surface area contributed by atoms with Crippen molar-refractivity contribution < 1.29 is 9.72 Å². The van der Waals surface area contributed by atoms with Crippen molar-refractivity contribution in [2.45, 2.75) is 13.0 Å². The average Bonchev–Trinajstić information content (AvgIpc) is 2.72. The van der Waals surface area contributed by atoms with Gasteiger partial charge in [0.1, 0.15) is 18.0 Å². The fourth-order valence-electron chi connectivity index (χ4n) is 3.97. The maximum Gasteiger partial charge on any atom is 0.292 e. The molecule has 4 rings (SSSR count). The van der Waals surface area contributed by atoms with Gasteiger partial charge in [-0.05, 0) is 48.0 Å². The average molecular weight is 378 g/mol. The lowest BCUT2D eigenvalue weighted by Crippen LogP contribution is -2.47. The molecule has 0 saturated carbocycles. The lowest BCUT2D eigenvalue weighted by molar-refractivity contribution is -0.384. The SMILES string of the molecule is Cc1ccccc1N1CCN(c2cc3c(cc2[N+](=O)[O-])C(C=O)NC=C3)CC1. The van der Waals surface area contributed by atoms with Gasteiger partial charge in [-0.1, -0.05) is 18.2 Å². The summed E-state index contributed by atoms with van der Waals surface area (Å²) in [6, 6.07) is 11.1. The summed E-state index contributed by atoms with van der Waals surface area (Å²) in [5.41, 5.74) is 4.60. The number of carbonyl (C=O) groups excluding carboxylic acids is 1. The highest BCUT2D eigenvalue weighted by Gasteiger charge is 2.28. The summed E-state index contributed by atoms with van der Waals surface area (Å²) in [4.78, 5) is 27.1. The van der Waals surface area contributed by atoms with Crippen molar-refractivity contribution in [1.29, 1.82) is 0 Å². The Bertz CT molecular complexity index is 949. The number of para-hydroxylation sites is 1. The van der Waals surface area contributed by atoms with E-state index in [0.29, 0.717) is 24.3 Å². The molecule has 0 radical (unpaired) electrons. The van der Waals surface area contributed by atoms with Gasteiger partial charge in [-0.2, -0.15) is 0 Å². The summed E-state index contributed by atoms with van der Waals surface area (Å²) in [5, 5.41) is 14.6. The van der Waals surface area contributed by atoms with Gasteiger partial charge >= 0.3 is 0 Å². The zero-order valence-electron chi connectivity index (χ0n) is 15.7. The summed E-state index contributed by atoms with van der Waals surface area (Å²) in [5.74, 6) is 0. The number of piperazine rings is 1. The topological polar surface area (TPSA) is 78.7 Å². The van der Waals surface area contributed by atoms with Crippen LogP contribution in [-0.2, 0) is 4.79 Å². The third-order valence-electron chi connectivity index (χ3n) is 5.46. The van der Waals surface area contributed by atoms with E-state index in [1.165, 1.54) is 17.3 Å². The molecular formula is C21H22N4O3. The Hall–Kier alpha value is -3.35. The molecule has 0 aliphatic carbocycles. The van der Waals surface area contributed by atoms with Gasteiger partial charge in [0, 0.05) is 37.9 Å². The van der Waals surface area contributed by atoms with Gasteiger partial charge in [0.15, 0.2) is 0 Å². The van der Waals surface area contributed by atoms with Gasteiger partial charge in [-0.15, -0.1) is 0 Å². The molecule has 0 amide bonds. The number of aldehydes is 1. The van der Waals surface area contributed by atoms with Crippen molar-refractivity contribution in [3.05, 3.63) is 69.4 Å². The van der Waals surface area contributed by atoms with E-state index in [0.717, 1.165) is 24.9 Å². The van der Waals surface area contributed by atoms with E-state index in [1.807, 2.05) is 24.3 Å². The van der Waals surface area contributed by atoms with Crippen LogP contribution in [0.1, 0.15) is 22.7 Å². The quantitative estimate of drug-likeness (QED) is 0.501. The van der Waals surface area contributed by atoms with Crippen LogP contribution in [0.15, 0.2) is 42.6 Å². The molecule has 1 saturated heterocycles. The predicted octanol–water partition coefficient (Wildman–Crippen LogP) is 3.04. The lowest BCUT2D eigenvalue weighted by atomic mass is 9.96. The second-order valence-electron chi connectivity index (χ2n) is 7.10. The number of fused-ring (bicyclic) bond motifs is 1. The van der Waals surface area contributed by atoms with E-state index < -0.39 is 6.04 Å². The molecule has 2 heterocycles. The minimum Gasteiger partial charge on any atom is -0.378 e. The van der Waals surface area contributed by atoms with E-state index in [2.05, 4.69) is 34.2 Å². The molecule has 0 bridgehead atoms.